The summed E-state index contributed by atoms with van der Waals surface area (Å²) < 4.78 is 27.9. The van der Waals surface area contributed by atoms with Gasteiger partial charge in [-0.05, 0) is 24.1 Å². The highest BCUT2D eigenvalue weighted by molar-refractivity contribution is 7.90. The Balaban J connectivity index is 2.94. The monoisotopic (exact) mass is 271 g/mol. The van der Waals surface area contributed by atoms with E-state index in [4.69, 9.17) is 5.73 Å². The highest BCUT2D eigenvalue weighted by atomic mass is 32.2. The van der Waals surface area contributed by atoms with E-state index >= 15 is 0 Å². The number of hydrogen-bond donors (Lipinski definition) is 2. The van der Waals surface area contributed by atoms with E-state index in [9.17, 15) is 8.42 Å². The molecule has 0 aliphatic carbocycles. The van der Waals surface area contributed by atoms with Gasteiger partial charge in [0, 0.05) is 18.8 Å². The lowest BCUT2D eigenvalue weighted by molar-refractivity contribution is 0.449. The van der Waals surface area contributed by atoms with Gasteiger partial charge in [-0.25, -0.2) is 0 Å². The molecule has 0 amide bonds. The van der Waals surface area contributed by atoms with Crippen molar-refractivity contribution in [1.29, 1.82) is 0 Å². The molecular formula is C12H21N3O2S. The first-order valence-electron chi connectivity index (χ1n) is 6.10. The van der Waals surface area contributed by atoms with Crippen LogP contribution in [0.3, 0.4) is 0 Å². The maximum atomic E-state index is 12.0. The molecule has 0 saturated carbocycles. The number of nitrogens with one attached hydrogen (secondary N) is 1. The van der Waals surface area contributed by atoms with Gasteiger partial charge >= 0.3 is 10.2 Å². The molecule has 0 saturated heterocycles. The molecule has 6 heteroatoms. The summed E-state index contributed by atoms with van der Waals surface area (Å²) in [5, 5.41) is 0. The fourth-order valence-electron chi connectivity index (χ4n) is 1.76. The van der Waals surface area contributed by atoms with Crippen LogP contribution in [0, 0.1) is 0 Å². The van der Waals surface area contributed by atoms with E-state index < -0.39 is 10.2 Å². The predicted molar refractivity (Wildman–Crippen MR) is 75.7 cm³/mol. The lowest BCUT2D eigenvalue weighted by Crippen LogP contribution is -2.35. The normalized spacial score (nSPS) is 11.8. The number of aryl methyl sites for hydroxylation is 1. The van der Waals surface area contributed by atoms with Gasteiger partial charge in [0.2, 0.25) is 0 Å². The SMILES string of the molecule is CCc1ccc(NS(=O)(=O)N(CC)CC)cc1N. The maximum absolute atomic E-state index is 12.0. The molecule has 0 aromatic heterocycles. The van der Waals surface area contributed by atoms with Gasteiger partial charge in [0.15, 0.2) is 0 Å². The molecule has 18 heavy (non-hydrogen) atoms. The number of nitrogen functional groups attached to an aromatic ring is 1. The van der Waals surface area contributed by atoms with Crippen LogP contribution < -0.4 is 10.5 Å². The number of hydrogen-bond acceptors (Lipinski definition) is 3. The molecule has 0 bridgehead atoms. The van der Waals surface area contributed by atoms with Crippen LogP contribution in [0.25, 0.3) is 0 Å². The minimum Gasteiger partial charge on any atom is -0.398 e. The zero-order chi connectivity index (χ0) is 13.8. The van der Waals surface area contributed by atoms with E-state index in [-0.39, 0.29) is 0 Å². The largest absolute Gasteiger partial charge is 0.398 e. The predicted octanol–water partition coefficient (Wildman–Crippen LogP) is 1.83. The van der Waals surface area contributed by atoms with Crippen molar-refractivity contribution in [3.63, 3.8) is 0 Å². The van der Waals surface area contributed by atoms with Crippen molar-refractivity contribution in [2.75, 3.05) is 23.5 Å². The Morgan fingerprint density at radius 1 is 1.22 bits per heavy atom. The first-order chi connectivity index (χ1) is 8.44. The zero-order valence-corrected chi connectivity index (χ0v) is 11.9. The topological polar surface area (TPSA) is 75.4 Å². The Morgan fingerprint density at radius 2 is 1.83 bits per heavy atom. The number of rotatable bonds is 6. The standard InChI is InChI=1S/C12H21N3O2S/c1-4-10-7-8-11(9-12(10)13)14-18(16,17)15(5-2)6-3/h7-9,14H,4-6,13H2,1-3H3. The van der Waals surface area contributed by atoms with Crippen molar-refractivity contribution in [2.45, 2.75) is 27.2 Å². The molecule has 0 heterocycles. The highest BCUT2D eigenvalue weighted by Crippen LogP contribution is 2.20. The van der Waals surface area contributed by atoms with E-state index in [1.807, 2.05) is 13.0 Å². The second kappa shape index (κ2) is 6.06. The molecule has 102 valence electrons. The van der Waals surface area contributed by atoms with E-state index in [1.54, 1.807) is 26.0 Å². The first-order valence-corrected chi connectivity index (χ1v) is 7.54. The second-order valence-electron chi connectivity index (χ2n) is 3.96. The van der Waals surface area contributed by atoms with Crippen LogP contribution in [0.15, 0.2) is 18.2 Å². The summed E-state index contributed by atoms with van der Waals surface area (Å²) in [5.41, 5.74) is 7.96. The zero-order valence-electron chi connectivity index (χ0n) is 11.1. The van der Waals surface area contributed by atoms with E-state index in [0.29, 0.717) is 24.5 Å². The van der Waals surface area contributed by atoms with Crippen molar-refractivity contribution in [3.05, 3.63) is 23.8 Å². The van der Waals surface area contributed by atoms with Gasteiger partial charge in [-0.2, -0.15) is 12.7 Å². The molecule has 0 spiro atoms. The molecule has 3 N–H and O–H groups in total. The van der Waals surface area contributed by atoms with Crippen molar-refractivity contribution < 1.29 is 8.42 Å². The molecular weight excluding hydrogens is 250 g/mol. The number of anilines is 2. The maximum Gasteiger partial charge on any atom is 0.301 e. The van der Waals surface area contributed by atoms with Gasteiger partial charge < -0.3 is 5.73 Å². The van der Waals surface area contributed by atoms with Gasteiger partial charge in [-0.15, -0.1) is 0 Å². The molecule has 1 rings (SSSR count). The van der Waals surface area contributed by atoms with Crippen LogP contribution in [-0.2, 0) is 16.6 Å². The summed E-state index contributed by atoms with van der Waals surface area (Å²) >= 11 is 0. The van der Waals surface area contributed by atoms with Crippen molar-refractivity contribution in [2.24, 2.45) is 0 Å². The van der Waals surface area contributed by atoms with Gasteiger partial charge in [0.25, 0.3) is 0 Å². The quantitative estimate of drug-likeness (QED) is 0.775. The summed E-state index contributed by atoms with van der Waals surface area (Å²) in [6.07, 6.45) is 0.828. The molecule has 0 fully saturated rings. The smallest absolute Gasteiger partial charge is 0.301 e. The highest BCUT2D eigenvalue weighted by Gasteiger charge is 2.18. The molecule has 5 nitrogen and oxygen atoms in total. The van der Waals surface area contributed by atoms with Gasteiger partial charge in [0.1, 0.15) is 0 Å². The van der Waals surface area contributed by atoms with E-state index in [2.05, 4.69) is 4.72 Å². The summed E-state index contributed by atoms with van der Waals surface area (Å²) in [5.74, 6) is 0. The van der Waals surface area contributed by atoms with Gasteiger partial charge in [-0.1, -0.05) is 26.8 Å². The molecule has 1 aromatic carbocycles. The lowest BCUT2D eigenvalue weighted by Gasteiger charge is -2.19. The molecule has 0 unspecified atom stereocenters. The second-order valence-corrected chi connectivity index (χ2v) is 5.63. The minimum atomic E-state index is -3.48. The molecule has 0 radical (unpaired) electrons. The Labute approximate surface area is 109 Å². The molecule has 1 aromatic rings. The van der Waals surface area contributed by atoms with Crippen molar-refractivity contribution >= 4 is 21.6 Å². The number of nitrogens with two attached hydrogens (primary N) is 1. The molecule has 0 aliphatic heterocycles. The molecule has 0 aliphatic rings. The third-order valence-electron chi connectivity index (χ3n) is 2.82. The Bertz CT molecular complexity index is 496. The Kier molecular flexibility index (Phi) is 4.98. The summed E-state index contributed by atoms with van der Waals surface area (Å²) in [6.45, 7) is 6.49. The van der Waals surface area contributed by atoms with Crippen LogP contribution in [-0.4, -0.2) is 25.8 Å². The third-order valence-corrected chi connectivity index (χ3v) is 4.51. The minimum absolute atomic E-state index is 0.439. The fraction of sp³-hybridized carbons (Fsp3) is 0.500. The van der Waals surface area contributed by atoms with Crippen LogP contribution >= 0.6 is 0 Å². The average Bonchev–Trinajstić information content (AvgIpc) is 2.29. The van der Waals surface area contributed by atoms with Crippen LogP contribution in [0.5, 0.6) is 0 Å². The molecule has 0 atom stereocenters. The van der Waals surface area contributed by atoms with E-state index in [0.717, 1.165) is 12.0 Å². The Hall–Kier alpha value is -1.27. The lowest BCUT2D eigenvalue weighted by atomic mass is 10.1. The summed E-state index contributed by atoms with van der Waals surface area (Å²) in [7, 11) is -3.48. The van der Waals surface area contributed by atoms with Crippen LogP contribution in [0.1, 0.15) is 26.3 Å². The van der Waals surface area contributed by atoms with Crippen LogP contribution in [0.2, 0.25) is 0 Å². The third kappa shape index (κ3) is 3.36. The van der Waals surface area contributed by atoms with E-state index in [1.165, 1.54) is 4.31 Å². The fourth-order valence-corrected chi connectivity index (χ4v) is 2.99. The average molecular weight is 271 g/mol. The van der Waals surface area contributed by atoms with Gasteiger partial charge in [0.05, 0.1) is 5.69 Å². The first kappa shape index (κ1) is 14.8. The van der Waals surface area contributed by atoms with Crippen LogP contribution in [0.4, 0.5) is 11.4 Å². The summed E-state index contributed by atoms with van der Waals surface area (Å²) in [4.78, 5) is 0. The summed E-state index contributed by atoms with van der Waals surface area (Å²) in [6, 6.07) is 5.23. The number of nitrogens with zero attached hydrogens (tertiary/aromatic N) is 1. The van der Waals surface area contributed by atoms with Crippen molar-refractivity contribution in [1.82, 2.24) is 4.31 Å². The van der Waals surface area contributed by atoms with Gasteiger partial charge in [-0.3, -0.25) is 4.72 Å². The van der Waals surface area contributed by atoms with Crippen molar-refractivity contribution in [3.8, 4) is 0 Å². The Morgan fingerprint density at radius 3 is 2.28 bits per heavy atom. The number of benzene rings is 1.